The van der Waals surface area contributed by atoms with Gasteiger partial charge in [0.15, 0.2) is 6.10 Å². The van der Waals surface area contributed by atoms with Gasteiger partial charge in [-0.1, -0.05) is 202 Å². The Morgan fingerprint density at radius 2 is 0.629 bits per heavy atom. The van der Waals surface area contributed by atoms with Gasteiger partial charge in [-0.2, -0.15) is 0 Å². The monoisotopic (exact) mass is 863 g/mol. The second-order valence-corrected chi connectivity index (χ2v) is 16.7. The van der Waals surface area contributed by atoms with E-state index in [1.807, 2.05) is 0 Å². The second-order valence-electron chi connectivity index (χ2n) is 16.7. The predicted octanol–water partition coefficient (Wildman–Crippen LogP) is 16.8. The molecule has 0 radical (unpaired) electrons. The summed E-state index contributed by atoms with van der Waals surface area (Å²) in [6.07, 6.45) is 64.6. The number of hydrogen-bond donors (Lipinski definition) is 0. The van der Waals surface area contributed by atoms with Crippen molar-refractivity contribution >= 4 is 17.9 Å². The summed E-state index contributed by atoms with van der Waals surface area (Å²) in [6, 6.07) is 0. The van der Waals surface area contributed by atoms with Crippen molar-refractivity contribution in [3.63, 3.8) is 0 Å². The zero-order chi connectivity index (χ0) is 45.1. The molecule has 0 aliphatic heterocycles. The molecule has 6 heteroatoms. The third kappa shape index (κ3) is 47.6. The van der Waals surface area contributed by atoms with Crippen molar-refractivity contribution in [3.8, 4) is 0 Å². The zero-order valence-corrected chi connectivity index (χ0v) is 40.4. The fraction of sp³-hybridized carbons (Fsp3) is 0.696. The van der Waals surface area contributed by atoms with Crippen LogP contribution in [0.4, 0.5) is 0 Å². The highest BCUT2D eigenvalue weighted by Crippen LogP contribution is 2.13. The van der Waals surface area contributed by atoms with Crippen LogP contribution in [0.15, 0.2) is 85.1 Å². The van der Waals surface area contributed by atoms with Gasteiger partial charge in [0.2, 0.25) is 0 Å². The van der Waals surface area contributed by atoms with Gasteiger partial charge in [-0.15, -0.1) is 0 Å². The minimum Gasteiger partial charge on any atom is -0.462 e. The fourth-order valence-corrected chi connectivity index (χ4v) is 6.79. The van der Waals surface area contributed by atoms with Crippen LogP contribution in [0.5, 0.6) is 0 Å². The van der Waals surface area contributed by atoms with Gasteiger partial charge in [-0.05, 0) is 96.3 Å². The van der Waals surface area contributed by atoms with E-state index in [0.29, 0.717) is 19.3 Å². The molecule has 62 heavy (non-hydrogen) atoms. The smallest absolute Gasteiger partial charge is 0.306 e. The molecule has 0 spiro atoms. The second kappa shape index (κ2) is 50.2. The SMILES string of the molecule is CC/C=C\C/C=C\C/C=C\C/C=C\CCCCC(=O)OC(COC(=O)CCCCCCCC)COC(=O)CCCCCCCCCC/C=C\C/C=C\C/C=C\CCCCCCC. The van der Waals surface area contributed by atoms with Crippen LogP contribution in [0.3, 0.4) is 0 Å². The first kappa shape index (κ1) is 58.6. The van der Waals surface area contributed by atoms with E-state index < -0.39 is 6.10 Å². The maximum absolute atomic E-state index is 12.7. The standard InChI is InChI=1S/C56H94O6/c1-4-7-10-13-16-18-20-22-24-25-26-27-28-29-30-31-33-34-36-38-40-43-46-49-55(58)61-52-53(51-60-54(57)48-45-42-15-12-9-6-3)62-56(59)50-47-44-41-39-37-35-32-23-21-19-17-14-11-8-5-2/h8,11,17,19-20,22-23,25-26,28-29,32,37,39,53H,4-7,9-10,12-16,18,21,24,27,30-31,33-36,38,40-52H2,1-3H3/b11-8-,19-17-,22-20-,26-25-,29-28-,32-23-,39-37-. The van der Waals surface area contributed by atoms with E-state index in [4.69, 9.17) is 14.2 Å². The Kier molecular flexibility index (Phi) is 47.5. The molecule has 0 bridgehead atoms. The highest BCUT2D eigenvalue weighted by Gasteiger charge is 2.19. The minimum absolute atomic E-state index is 0.0965. The number of esters is 3. The lowest BCUT2D eigenvalue weighted by atomic mass is 10.1. The highest BCUT2D eigenvalue weighted by atomic mass is 16.6. The summed E-state index contributed by atoms with van der Waals surface area (Å²) in [5, 5.41) is 0. The van der Waals surface area contributed by atoms with E-state index in [9.17, 15) is 14.4 Å². The van der Waals surface area contributed by atoms with E-state index in [1.54, 1.807) is 0 Å². The van der Waals surface area contributed by atoms with Crippen LogP contribution in [-0.4, -0.2) is 37.2 Å². The van der Waals surface area contributed by atoms with E-state index in [-0.39, 0.29) is 37.5 Å². The number of carbonyl (C=O) groups is 3. The van der Waals surface area contributed by atoms with Gasteiger partial charge in [0, 0.05) is 19.3 Å². The molecule has 0 aliphatic carbocycles. The number of hydrogen-bond acceptors (Lipinski definition) is 6. The van der Waals surface area contributed by atoms with Crippen LogP contribution in [0.25, 0.3) is 0 Å². The van der Waals surface area contributed by atoms with Gasteiger partial charge in [0.1, 0.15) is 13.2 Å². The van der Waals surface area contributed by atoms with Crippen LogP contribution in [0.1, 0.15) is 233 Å². The quantitative estimate of drug-likeness (QED) is 0.0263. The predicted molar refractivity (Wildman–Crippen MR) is 265 cm³/mol. The van der Waals surface area contributed by atoms with Crippen molar-refractivity contribution < 1.29 is 28.6 Å². The number of rotatable bonds is 45. The van der Waals surface area contributed by atoms with Crippen molar-refractivity contribution in [2.75, 3.05) is 13.2 Å². The lowest BCUT2D eigenvalue weighted by molar-refractivity contribution is -0.167. The summed E-state index contributed by atoms with van der Waals surface area (Å²) in [6.45, 7) is 6.40. The molecule has 1 atom stereocenters. The average Bonchev–Trinajstić information content (AvgIpc) is 3.27. The Morgan fingerprint density at radius 1 is 0.339 bits per heavy atom. The van der Waals surface area contributed by atoms with E-state index in [2.05, 4.69) is 106 Å². The Morgan fingerprint density at radius 3 is 1.02 bits per heavy atom. The molecule has 0 heterocycles. The first-order valence-electron chi connectivity index (χ1n) is 25.6. The molecular weight excluding hydrogens is 769 g/mol. The van der Waals surface area contributed by atoms with Gasteiger partial charge in [-0.25, -0.2) is 0 Å². The molecule has 0 saturated carbocycles. The summed E-state index contributed by atoms with van der Waals surface area (Å²) in [4.78, 5) is 37.7. The summed E-state index contributed by atoms with van der Waals surface area (Å²) in [5.74, 6) is -0.959. The molecule has 0 saturated heterocycles. The van der Waals surface area contributed by atoms with Gasteiger partial charge < -0.3 is 14.2 Å². The molecule has 6 nitrogen and oxygen atoms in total. The topological polar surface area (TPSA) is 78.9 Å². The molecule has 0 amide bonds. The van der Waals surface area contributed by atoms with E-state index >= 15 is 0 Å². The first-order chi connectivity index (χ1) is 30.5. The van der Waals surface area contributed by atoms with Gasteiger partial charge in [0.05, 0.1) is 0 Å². The van der Waals surface area contributed by atoms with Gasteiger partial charge in [0.25, 0.3) is 0 Å². The Labute approximate surface area is 382 Å². The number of carbonyl (C=O) groups excluding carboxylic acids is 3. The Bertz CT molecular complexity index is 1220. The van der Waals surface area contributed by atoms with E-state index in [1.165, 1.54) is 89.9 Å². The van der Waals surface area contributed by atoms with Crippen LogP contribution in [0.2, 0.25) is 0 Å². The number of ether oxygens (including phenoxy) is 3. The molecule has 1 unspecified atom stereocenters. The summed E-state index contributed by atoms with van der Waals surface area (Å²) in [5.41, 5.74) is 0. The lowest BCUT2D eigenvalue weighted by Crippen LogP contribution is -2.30. The molecule has 0 aliphatic rings. The normalized spacial score (nSPS) is 12.8. The van der Waals surface area contributed by atoms with Crippen molar-refractivity contribution in [1.82, 2.24) is 0 Å². The lowest BCUT2D eigenvalue weighted by Gasteiger charge is -2.18. The average molecular weight is 863 g/mol. The van der Waals surface area contributed by atoms with Gasteiger partial charge >= 0.3 is 17.9 Å². The molecule has 0 fully saturated rings. The van der Waals surface area contributed by atoms with Crippen LogP contribution >= 0.6 is 0 Å². The van der Waals surface area contributed by atoms with E-state index in [0.717, 1.165) is 96.3 Å². The number of unbranched alkanes of at least 4 members (excludes halogenated alkanes) is 20. The molecule has 0 N–H and O–H groups in total. The largest absolute Gasteiger partial charge is 0.462 e. The summed E-state index contributed by atoms with van der Waals surface area (Å²) in [7, 11) is 0. The highest BCUT2D eigenvalue weighted by molar-refractivity contribution is 5.71. The first-order valence-corrected chi connectivity index (χ1v) is 25.6. The summed E-state index contributed by atoms with van der Waals surface area (Å²) >= 11 is 0. The number of allylic oxidation sites excluding steroid dienone is 14. The third-order valence-corrected chi connectivity index (χ3v) is 10.6. The maximum Gasteiger partial charge on any atom is 0.306 e. The Hall–Kier alpha value is -3.41. The maximum atomic E-state index is 12.7. The summed E-state index contributed by atoms with van der Waals surface area (Å²) < 4.78 is 16.6. The van der Waals surface area contributed by atoms with Crippen molar-refractivity contribution in [3.05, 3.63) is 85.1 Å². The van der Waals surface area contributed by atoms with Crippen molar-refractivity contribution in [2.45, 2.75) is 239 Å². The molecule has 354 valence electrons. The minimum atomic E-state index is -0.798. The molecule has 0 aromatic heterocycles. The van der Waals surface area contributed by atoms with Crippen molar-refractivity contribution in [2.24, 2.45) is 0 Å². The fourth-order valence-electron chi connectivity index (χ4n) is 6.79. The molecule has 0 aromatic carbocycles. The molecule has 0 aromatic rings. The van der Waals surface area contributed by atoms with Gasteiger partial charge in [-0.3, -0.25) is 14.4 Å². The Balaban J connectivity index is 4.25. The molecule has 0 rings (SSSR count). The third-order valence-electron chi connectivity index (χ3n) is 10.6. The molecular formula is C56H94O6. The van der Waals surface area contributed by atoms with Crippen LogP contribution in [0, 0.1) is 0 Å². The van der Waals surface area contributed by atoms with Crippen LogP contribution in [-0.2, 0) is 28.6 Å². The van der Waals surface area contributed by atoms with Crippen molar-refractivity contribution in [1.29, 1.82) is 0 Å². The van der Waals surface area contributed by atoms with Crippen LogP contribution < -0.4 is 0 Å². The zero-order valence-electron chi connectivity index (χ0n) is 40.4.